The molecule has 0 heterocycles. The number of ether oxygens (including phenoxy) is 2. The van der Waals surface area contributed by atoms with E-state index in [9.17, 15) is 0 Å². The third kappa shape index (κ3) is 3.82. The van der Waals surface area contributed by atoms with Crippen LogP contribution in [0.2, 0.25) is 0 Å². The van der Waals surface area contributed by atoms with Gasteiger partial charge in [-0.3, -0.25) is 0 Å². The summed E-state index contributed by atoms with van der Waals surface area (Å²) in [5.41, 5.74) is 7.96. The second kappa shape index (κ2) is 7.43. The first-order valence-electron chi connectivity index (χ1n) is 6.43. The summed E-state index contributed by atoms with van der Waals surface area (Å²) in [5, 5.41) is 0. The van der Waals surface area contributed by atoms with E-state index in [-0.39, 0.29) is 6.10 Å². The molecule has 0 aromatic heterocycles. The van der Waals surface area contributed by atoms with Crippen molar-refractivity contribution in [2.45, 2.75) is 12.7 Å². The molecule has 0 radical (unpaired) electrons. The maximum Gasteiger partial charge on any atom is 0.119 e. The van der Waals surface area contributed by atoms with Crippen LogP contribution in [0.4, 0.5) is 0 Å². The van der Waals surface area contributed by atoms with Crippen LogP contribution in [-0.4, -0.2) is 13.7 Å². The topological polar surface area (TPSA) is 44.5 Å². The van der Waals surface area contributed by atoms with Crippen molar-refractivity contribution in [3.63, 3.8) is 0 Å². The lowest BCUT2D eigenvalue weighted by Crippen LogP contribution is -2.16. The molecule has 3 nitrogen and oxygen atoms in total. The Labute approximate surface area is 127 Å². The second-order valence-corrected chi connectivity index (χ2v) is 5.26. The van der Waals surface area contributed by atoms with Gasteiger partial charge in [-0.2, -0.15) is 0 Å². The molecule has 1 atom stereocenters. The molecule has 4 heteroatoms. The molecule has 0 bridgehead atoms. The highest BCUT2D eigenvalue weighted by molar-refractivity contribution is 9.10. The predicted octanol–water partition coefficient (Wildman–Crippen LogP) is 3.67. The van der Waals surface area contributed by atoms with Crippen molar-refractivity contribution in [1.82, 2.24) is 0 Å². The molecule has 1 unspecified atom stereocenters. The Balaban J connectivity index is 2.06. The molecule has 2 N–H and O–H groups in total. The standard InChI is InChI=1S/C16H18BrNO2/c1-19-13-6-4-5-12(9-13)11-20-16(10-18)14-7-2-3-8-15(14)17/h2-9,16H,10-11,18H2,1H3. The van der Waals surface area contributed by atoms with Crippen molar-refractivity contribution >= 4 is 15.9 Å². The fourth-order valence-corrected chi connectivity index (χ4v) is 2.52. The zero-order chi connectivity index (χ0) is 14.4. The SMILES string of the molecule is COc1cccc(COC(CN)c2ccccc2Br)c1. The van der Waals surface area contributed by atoms with E-state index in [0.29, 0.717) is 13.2 Å². The fourth-order valence-electron chi connectivity index (χ4n) is 1.98. The third-order valence-electron chi connectivity index (χ3n) is 3.05. The summed E-state index contributed by atoms with van der Waals surface area (Å²) >= 11 is 3.53. The smallest absolute Gasteiger partial charge is 0.119 e. The summed E-state index contributed by atoms with van der Waals surface area (Å²) in [6.07, 6.45) is -0.128. The number of hydrogen-bond acceptors (Lipinski definition) is 3. The fraction of sp³-hybridized carbons (Fsp3) is 0.250. The van der Waals surface area contributed by atoms with Gasteiger partial charge in [0.25, 0.3) is 0 Å². The Morgan fingerprint density at radius 3 is 2.65 bits per heavy atom. The quantitative estimate of drug-likeness (QED) is 0.875. The van der Waals surface area contributed by atoms with E-state index in [1.807, 2.05) is 48.5 Å². The highest BCUT2D eigenvalue weighted by atomic mass is 79.9. The van der Waals surface area contributed by atoms with Gasteiger partial charge in [0, 0.05) is 11.0 Å². The van der Waals surface area contributed by atoms with Gasteiger partial charge in [0.15, 0.2) is 0 Å². The number of nitrogens with two attached hydrogens (primary N) is 1. The summed E-state index contributed by atoms with van der Waals surface area (Å²) in [6.45, 7) is 0.937. The molecular weight excluding hydrogens is 318 g/mol. The van der Waals surface area contributed by atoms with Gasteiger partial charge >= 0.3 is 0 Å². The number of hydrogen-bond donors (Lipinski definition) is 1. The van der Waals surface area contributed by atoms with Gasteiger partial charge in [-0.15, -0.1) is 0 Å². The van der Waals surface area contributed by atoms with Crippen LogP contribution < -0.4 is 10.5 Å². The Morgan fingerprint density at radius 1 is 1.15 bits per heavy atom. The number of halogens is 1. The Hall–Kier alpha value is -1.36. The molecule has 2 aromatic carbocycles. The number of methoxy groups -OCH3 is 1. The molecular formula is C16H18BrNO2. The van der Waals surface area contributed by atoms with E-state index >= 15 is 0 Å². The lowest BCUT2D eigenvalue weighted by molar-refractivity contribution is 0.0451. The van der Waals surface area contributed by atoms with Gasteiger partial charge in [-0.1, -0.05) is 46.3 Å². The summed E-state index contributed by atoms with van der Waals surface area (Å²) in [7, 11) is 1.66. The molecule has 0 amide bonds. The van der Waals surface area contributed by atoms with Crippen LogP contribution in [0.1, 0.15) is 17.2 Å². The van der Waals surface area contributed by atoms with Gasteiger partial charge in [0.1, 0.15) is 5.75 Å². The van der Waals surface area contributed by atoms with E-state index < -0.39 is 0 Å². The zero-order valence-corrected chi connectivity index (χ0v) is 13.0. The normalized spacial score (nSPS) is 12.2. The highest BCUT2D eigenvalue weighted by Gasteiger charge is 2.13. The average Bonchev–Trinajstić information content (AvgIpc) is 2.49. The molecule has 2 aromatic rings. The molecule has 0 aliphatic heterocycles. The Bertz CT molecular complexity index is 560. The molecule has 0 aliphatic rings. The van der Waals surface area contributed by atoms with E-state index in [1.54, 1.807) is 7.11 Å². The third-order valence-corrected chi connectivity index (χ3v) is 3.77. The summed E-state index contributed by atoms with van der Waals surface area (Å²) in [6, 6.07) is 15.8. The first kappa shape index (κ1) is 15.0. The van der Waals surface area contributed by atoms with Crippen molar-refractivity contribution in [3.05, 3.63) is 64.1 Å². The van der Waals surface area contributed by atoms with Crippen molar-refractivity contribution < 1.29 is 9.47 Å². The van der Waals surface area contributed by atoms with E-state index in [4.69, 9.17) is 15.2 Å². The lowest BCUT2D eigenvalue weighted by Gasteiger charge is -2.18. The largest absolute Gasteiger partial charge is 0.497 e. The van der Waals surface area contributed by atoms with Gasteiger partial charge in [-0.25, -0.2) is 0 Å². The van der Waals surface area contributed by atoms with Crippen LogP contribution >= 0.6 is 15.9 Å². The molecule has 2 rings (SSSR count). The van der Waals surface area contributed by atoms with Gasteiger partial charge in [0.05, 0.1) is 19.8 Å². The van der Waals surface area contributed by atoms with Crippen LogP contribution in [0.3, 0.4) is 0 Å². The molecule has 0 aliphatic carbocycles. The van der Waals surface area contributed by atoms with Crippen LogP contribution in [0.25, 0.3) is 0 Å². The maximum atomic E-state index is 5.93. The van der Waals surface area contributed by atoms with Crippen molar-refractivity contribution in [1.29, 1.82) is 0 Å². The second-order valence-electron chi connectivity index (χ2n) is 4.41. The van der Waals surface area contributed by atoms with E-state index in [1.165, 1.54) is 0 Å². The van der Waals surface area contributed by atoms with Crippen molar-refractivity contribution in [2.24, 2.45) is 5.73 Å². The van der Waals surface area contributed by atoms with Gasteiger partial charge < -0.3 is 15.2 Å². The molecule has 0 saturated heterocycles. The minimum atomic E-state index is -0.128. The van der Waals surface area contributed by atoms with E-state index in [2.05, 4.69) is 15.9 Å². The molecule has 0 saturated carbocycles. The van der Waals surface area contributed by atoms with Crippen LogP contribution in [-0.2, 0) is 11.3 Å². The predicted molar refractivity (Wildman–Crippen MR) is 83.7 cm³/mol. The molecule has 20 heavy (non-hydrogen) atoms. The average molecular weight is 336 g/mol. The van der Waals surface area contributed by atoms with Crippen molar-refractivity contribution in [3.8, 4) is 5.75 Å². The van der Waals surface area contributed by atoms with Crippen LogP contribution in [0.5, 0.6) is 5.75 Å². The summed E-state index contributed by atoms with van der Waals surface area (Å²) in [5.74, 6) is 0.830. The Morgan fingerprint density at radius 2 is 1.95 bits per heavy atom. The zero-order valence-electron chi connectivity index (χ0n) is 11.4. The first-order valence-corrected chi connectivity index (χ1v) is 7.23. The van der Waals surface area contributed by atoms with Gasteiger partial charge in [-0.05, 0) is 29.3 Å². The lowest BCUT2D eigenvalue weighted by atomic mass is 10.1. The van der Waals surface area contributed by atoms with E-state index in [0.717, 1.165) is 21.3 Å². The van der Waals surface area contributed by atoms with Crippen molar-refractivity contribution in [2.75, 3.05) is 13.7 Å². The minimum Gasteiger partial charge on any atom is -0.497 e. The minimum absolute atomic E-state index is 0.128. The Kier molecular flexibility index (Phi) is 5.59. The van der Waals surface area contributed by atoms with Gasteiger partial charge in [0.2, 0.25) is 0 Å². The maximum absolute atomic E-state index is 5.93. The molecule has 0 spiro atoms. The summed E-state index contributed by atoms with van der Waals surface area (Å²) < 4.78 is 12.2. The molecule has 0 fully saturated rings. The molecule has 106 valence electrons. The van der Waals surface area contributed by atoms with Crippen LogP contribution in [0, 0.1) is 0 Å². The van der Waals surface area contributed by atoms with Crippen LogP contribution in [0.15, 0.2) is 53.0 Å². The first-order chi connectivity index (χ1) is 9.74. The summed E-state index contributed by atoms with van der Waals surface area (Å²) in [4.78, 5) is 0. The number of benzene rings is 2. The highest BCUT2D eigenvalue weighted by Crippen LogP contribution is 2.26. The number of rotatable bonds is 6. The monoisotopic (exact) mass is 335 g/mol.